The normalized spacial score (nSPS) is 12.2. The van der Waals surface area contributed by atoms with Crippen LogP contribution in [-0.2, 0) is 6.54 Å². The van der Waals surface area contributed by atoms with Crippen molar-refractivity contribution in [1.82, 2.24) is 9.78 Å². The molecule has 0 saturated heterocycles. The maximum absolute atomic E-state index is 8.90. The van der Waals surface area contributed by atoms with Gasteiger partial charge in [-0.1, -0.05) is 0 Å². The van der Waals surface area contributed by atoms with Gasteiger partial charge in [0, 0.05) is 19.6 Å². The summed E-state index contributed by atoms with van der Waals surface area (Å²) >= 11 is 0. The SMILES string of the molecule is CCN(CC(C)C#N)c1c(N)c(C)nn1CC. The minimum atomic E-state index is -0.0186. The third-order valence-electron chi connectivity index (χ3n) is 2.84. The van der Waals surface area contributed by atoms with Gasteiger partial charge in [0.05, 0.1) is 23.4 Å². The van der Waals surface area contributed by atoms with E-state index in [4.69, 9.17) is 11.0 Å². The number of aryl methyl sites for hydroxylation is 2. The van der Waals surface area contributed by atoms with Crippen molar-refractivity contribution < 1.29 is 0 Å². The second-order valence-corrected chi connectivity index (χ2v) is 4.21. The fraction of sp³-hybridized carbons (Fsp3) is 0.667. The number of nitriles is 1. The number of nitrogens with zero attached hydrogens (tertiary/aromatic N) is 4. The Labute approximate surface area is 103 Å². The molecule has 0 spiro atoms. The van der Waals surface area contributed by atoms with Crippen LogP contribution in [0.25, 0.3) is 0 Å². The Kier molecular flexibility index (Phi) is 4.38. The van der Waals surface area contributed by atoms with Crippen molar-refractivity contribution in [1.29, 1.82) is 5.26 Å². The molecule has 1 rings (SSSR count). The molecule has 1 aromatic rings. The monoisotopic (exact) mass is 235 g/mol. The molecule has 0 bridgehead atoms. The fourth-order valence-corrected chi connectivity index (χ4v) is 1.87. The molecule has 1 aromatic heterocycles. The molecular formula is C12H21N5. The predicted molar refractivity (Wildman–Crippen MR) is 69.7 cm³/mol. The first-order valence-corrected chi connectivity index (χ1v) is 6.02. The van der Waals surface area contributed by atoms with Gasteiger partial charge in [0.2, 0.25) is 0 Å². The van der Waals surface area contributed by atoms with Gasteiger partial charge in [-0.3, -0.25) is 0 Å². The van der Waals surface area contributed by atoms with E-state index in [0.717, 1.165) is 30.3 Å². The molecule has 0 fully saturated rings. The summed E-state index contributed by atoms with van der Waals surface area (Å²) in [6, 6.07) is 2.25. The van der Waals surface area contributed by atoms with Gasteiger partial charge in [-0.2, -0.15) is 10.4 Å². The number of nitrogens with two attached hydrogens (primary N) is 1. The molecule has 2 N–H and O–H groups in total. The van der Waals surface area contributed by atoms with E-state index in [0.29, 0.717) is 6.54 Å². The van der Waals surface area contributed by atoms with Gasteiger partial charge < -0.3 is 10.6 Å². The zero-order valence-electron chi connectivity index (χ0n) is 11.1. The molecule has 0 aromatic carbocycles. The summed E-state index contributed by atoms with van der Waals surface area (Å²) in [5.74, 6) is 0.921. The number of hydrogen-bond acceptors (Lipinski definition) is 4. The van der Waals surface area contributed by atoms with Gasteiger partial charge in [-0.15, -0.1) is 0 Å². The zero-order valence-corrected chi connectivity index (χ0v) is 11.1. The van der Waals surface area contributed by atoms with E-state index in [1.165, 1.54) is 0 Å². The third kappa shape index (κ3) is 2.70. The molecule has 0 saturated carbocycles. The van der Waals surface area contributed by atoms with Crippen LogP contribution in [0.5, 0.6) is 0 Å². The molecule has 5 nitrogen and oxygen atoms in total. The Balaban J connectivity index is 3.07. The van der Waals surface area contributed by atoms with Crippen molar-refractivity contribution >= 4 is 11.5 Å². The van der Waals surface area contributed by atoms with Crippen LogP contribution in [0.3, 0.4) is 0 Å². The summed E-state index contributed by atoms with van der Waals surface area (Å²) in [5, 5.41) is 13.3. The molecule has 94 valence electrons. The summed E-state index contributed by atoms with van der Waals surface area (Å²) in [7, 11) is 0. The molecule has 17 heavy (non-hydrogen) atoms. The highest BCUT2D eigenvalue weighted by Gasteiger charge is 2.18. The fourth-order valence-electron chi connectivity index (χ4n) is 1.87. The number of anilines is 2. The molecule has 0 amide bonds. The summed E-state index contributed by atoms with van der Waals surface area (Å²) < 4.78 is 1.90. The van der Waals surface area contributed by atoms with Crippen LogP contribution in [0, 0.1) is 24.2 Å². The van der Waals surface area contributed by atoms with E-state index in [2.05, 4.69) is 23.0 Å². The van der Waals surface area contributed by atoms with Crippen LogP contribution in [0.2, 0.25) is 0 Å². The van der Waals surface area contributed by atoms with Crippen LogP contribution in [-0.4, -0.2) is 22.9 Å². The maximum atomic E-state index is 8.90. The minimum absolute atomic E-state index is 0.0186. The molecular weight excluding hydrogens is 214 g/mol. The molecule has 1 unspecified atom stereocenters. The Morgan fingerprint density at radius 3 is 2.65 bits per heavy atom. The number of rotatable bonds is 5. The van der Waals surface area contributed by atoms with Gasteiger partial charge in [0.15, 0.2) is 5.82 Å². The van der Waals surface area contributed by atoms with Gasteiger partial charge in [-0.25, -0.2) is 4.68 Å². The van der Waals surface area contributed by atoms with E-state index in [9.17, 15) is 0 Å². The Morgan fingerprint density at radius 2 is 2.18 bits per heavy atom. The van der Waals surface area contributed by atoms with Gasteiger partial charge >= 0.3 is 0 Å². The summed E-state index contributed by atoms with van der Waals surface area (Å²) in [4.78, 5) is 2.12. The topological polar surface area (TPSA) is 70.9 Å². The summed E-state index contributed by atoms with van der Waals surface area (Å²) in [5.41, 5.74) is 7.64. The van der Waals surface area contributed by atoms with Crippen LogP contribution in [0.4, 0.5) is 11.5 Å². The molecule has 0 aliphatic rings. The first kappa shape index (κ1) is 13.4. The lowest BCUT2D eigenvalue weighted by Gasteiger charge is -2.25. The highest BCUT2D eigenvalue weighted by atomic mass is 15.4. The average Bonchev–Trinajstić information content (AvgIpc) is 2.62. The molecule has 5 heteroatoms. The minimum Gasteiger partial charge on any atom is -0.394 e. The molecule has 0 radical (unpaired) electrons. The van der Waals surface area contributed by atoms with Crippen LogP contribution >= 0.6 is 0 Å². The molecule has 0 aliphatic heterocycles. The van der Waals surface area contributed by atoms with Crippen molar-refractivity contribution in [2.45, 2.75) is 34.2 Å². The van der Waals surface area contributed by atoms with E-state index in [-0.39, 0.29) is 5.92 Å². The number of hydrogen-bond donors (Lipinski definition) is 1. The van der Waals surface area contributed by atoms with E-state index in [1.807, 2.05) is 25.5 Å². The molecule has 0 aliphatic carbocycles. The van der Waals surface area contributed by atoms with E-state index >= 15 is 0 Å². The first-order valence-electron chi connectivity index (χ1n) is 6.02. The standard InChI is InChI=1S/C12H21N5/c1-5-16(8-9(3)7-13)12-11(14)10(4)15-17(12)6-2/h9H,5-6,8,14H2,1-4H3. The lowest BCUT2D eigenvalue weighted by Crippen LogP contribution is -2.30. The Bertz CT molecular complexity index is 415. The summed E-state index contributed by atoms with van der Waals surface area (Å²) in [6.07, 6.45) is 0. The Morgan fingerprint density at radius 1 is 1.53 bits per heavy atom. The van der Waals surface area contributed by atoms with Crippen LogP contribution < -0.4 is 10.6 Å². The largest absolute Gasteiger partial charge is 0.394 e. The van der Waals surface area contributed by atoms with Crippen molar-refractivity contribution in [2.24, 2.45) is 5.92 Å². The van der Waals surface area contributed by atoms with E-state index < -0.39 is 0 Å². The number of aromatic nitrogens is 2. The quantitative estimate of drug-likeness (QED) is 0.844. The summed E-state index contributed by atoms with van der Waals surface area (Å²) in [6.45, 7) is 10.2. The smallest absolute Gasteiger partial charge is 0.150 e. The maximum Gasteiger partial charge on any atom is 0.150 e. The Hall–Kier alpha value is -1.70. The van der Waals surface area contributed by atoms with Crippen LogP contribution in [0.1, 0.15) is 26.5 Å². The van der Waals surface area contributed by atoms with Gasteiger partial charge in [-0.05, 0) is 27.7 Å². The van der Waals surface area contributed by atoms with Crippen molar-refractivity contribution in [3.05, 3.63) is 5.69 Å². The second kappa shape index (κ2) is 5.58. The highest BCUT2D eigenvalue weighted by Crippen LogP contribution is 2.26. The lowest BCUT2D eigenvalue weighted by molar-refractivity contribution is 0.610. The van der Waals surface area contributed by atoms with E-state index in [1.54, 1.807) is 0 Å². The zero-order chi connectivity index (χ0) is 13.0. The van der Waals surface area contributed by atoms with Crippen LogP contribution in [0.15, 0.2) is 0 Å². The van der Waals surface area contributed by atoms with Crippen molar-refractivity contribution in [3.8, 4) is 6.07 Å². The van der Waals surface area contributed by atoms with Gasteiger partial charge in [0.1, 0.15) is 0 Å². The van der Waals surface area contributed by atoms with Gasteiger partial charge in [0.25, 0.3) is 0 Å². The first-order chi connectivity index (χ1) is 8.04. The highest BCUT2D eigenvalue weighted by molar-refractivity contribution is 5.66. The van der Waals surface area contributed by atoms with Crippen molar-refractivity contribution in [2.75, 3.05) is 23.7 Å². The number of nitrogen functional groups attached to an aromatic ring is 1. The second-order valence-electron chi connectivity index (χ2n) is 4.21. The average molecular weight is 235 g/mol. The third-order valence-corrected chi connectivity index (χ3v) is 2.84. The predicted octanol–water partition coefficient (Wildman–Crippen LogP) is 1.78. The lowest BCUT2D eigenvalue weighted by atomic mass is 10.2. The van der Waals surface area contributed by atoms with Crippen molar-refractivity contribution in [3.63, 3.8) is 0 Å². The molecule has 1 atom stereocenters. The molecule has 1 heterocycles.